The number of rotatable bonds is 5. The third-order valence-electron chi connectivity index (χ3n) is 0.977. The molecule has 2 nitrogen and oxygen atoms in total. The van der Waals surface area contributed by atoms with E-state index in [1.807, 2.05) is 10.8 Å². The van der Waals surface area contributed by atoms with E-state index in [0.717, 1.165) is 18.8 Å². The molecule has 0 rings (SSSR count). The molecule has 0 saturated carbocycles. The first-order valence-corrected chi connectivity index (χ1v) is 5.65. The SMILES string of the molecule is CC(C)(CN)SSCCN. The summed E-state index contributed by atoms with van der Waals surface area (Å²) >= 11 is 0. The summed E-state index contributed by atoms with van der Waals surface area (Å²) in [5.74, 6) is 1.01. The van der Waals surface area contributed by atoms with Gasteiger partial charge in [-0.05, 0) is 13.8 Å². The molecule has 0 amide bonds. The number of hydrogen-bond donors (Lipinski definition) is 2. The van der Waals surface area contributed by atoms with Crippen LogP contribution in [0.3, 0.4) is 0 Å². The van der Waals surface area contributed by atoms with Crippen molar-refractivity contribution in [3.8, 4) is 0 Å². The van der Waals surface area contributed by atoms with Crippen molar-refractivity contribution in [2.24, 2.45) is 11.5 Å². The van der Waals surface area contributed by atoms with E-state index in [2.05, 4.69) is 13.8 Å². The zero-order chi connectivity index (χ0) is 8.04. The summed E-state index contributed by atoms with van der Waals surface area (Å²) in [5.41, 5.74) is 10.9. The molecule has 10 heavy (non-hydrogen) atoms. The lowest BCUT2D eigenvalue weighted by Gasteiger charge is -2.19. The van der Waals surface area contributed by atoms with Crippen LogP contribution in [0.15, 0.2) is 0 Å². The third kappa shape index (κ3) is 5.41. The maximum atomic E-state index is 5.52. The molecule has 0 radical (unpaired) electrons. The highest BCUT2D eigenvalue weighted by Crippen LogP contribution is 2.33. The Hall–Kier alpha value is 0.620. The van der Waals surface area contributed by atoms with Gasteiger partial charge in [0.2, 0.25) is 0 Å². The molecule has 0 fully saturated rings. The summed E-state index contributed by atoms with van der Waals surface area (Å²) < 4.78 is 0.194. The van der Waals surface area contributed by atoms with Crippen LogP contribution < -0.4 is 11.5 Å². The molecule has 0 saturated heterocycles. The molecule has 0 atom stereocenters. The molecule has 0 aliphatic carbocycles. The normalized spacial score (nSPS) is 12.0. The van der Waals surface area contributed by atoms with Crippen LogP contribution in [-0.4, -0.2) is 23.6 Å². The maximum Gasteiger partial charge on any atom is 0.0329 e. The molecule has 0 aromatic rings. The highest BCUT2D eigenvalue weighted by Gasteiger charge is 2.15. The highest BCUT2D eigenvalue weighted by molar-refractivity contribution is 8.77. The van der Waals surface area contributed by atoms with Gasteiger partial charge in [-0.2, -0.15) is 0 Å². The average Bonchev–Trinajstić information content (AvgIpc) is 1.89. The van der Waals surface area contributed by atoms with Crippen LogP contribution in [-0.2, 0) is 0 Å². The molecule has 0 aromatic heterocycles. The molecular weight excluding hydrogens is 164 g/mol. The van der Waals surface area contributed by atoms with E-state index in [1.54, 1.807) is 10.8 Å². The van der Waals surface area contributed by atoms with E-state index in [9.17, 15) is 0 Å². The molecule has 0 spiro atoms. The topological polar surface area (TPSA) is 52.0 Å². The molecule has 0 unspecified atom stereocenters. The summed E-state index contributed by atoms with van der Waals surface area (Å²) in [6.07, 6.45) is 0. The van der Waals surface area contributed by atoms with Crippen LogP contribution in [0.25, 0.3) is 0 Å². The first kappa shape index (κ1) is 10.6. The predicted molar refractivity (Wildman–Crippen MR) is 52.2 cm³/mol. The second-order valence-electron chi connectivity index (χ2n) is 2.66. The van der Waals surface area contributed by atoms with Crippen molar-refractivity contribution < 1.29 is 0 Å². The van der Waals surface area contributed by atoms with Crippen LogP contribution in [0.2, 0.25) is 0 Å². The van der Waals surface area contributed by atoms with Crippen molar-refractivity contribution in [3.05, 3.63) is 0 Å². The van der Waals surface area contributed by atoms with E-state index < -0.39 is 0 Å². The molecule has 4 N–H and O–H groups in total. The largest absolute Gasteiger partial charge is 0.330 e. The molecule has 0 bridgehead atoms. The minimum atomic E-state index is 0.194. The zero-order valence-corrected chi connectivity index (χ0v) is 8.23. The van der Waals surface area contributed by atoms with Gasteiger partial charge in [-0.3, -0.25) is 0 Å². The summed E-state index contributed by atoms with van der Waals surface area (Å²) in [5, 5.41) is 0. The molecular formula is C6H16N2S2. The van der Waals surface area contributed by atoms with Crippen molar-refractivity contribution in [1.82, 2.24) is 0 Å². The van der Waals surface area contributed by atoms with Gasteiger partial charge < -0.3 is 11.5 Å². The van der Waals surface area contributed by atoms with Crippen molar-refractivity contribution in [1.29, 1.82) is 0 Å². The van der Waals surface area contributed by atoms with Crippen LogP contribution in [0, 0.1) is 0 Å². The Morgan fingerprint density at radius 1 is 1.30 bits per heavy atom. The van der Waals surface area contributed by atoms with Crippen LogP contribution in [0.1, 0.15) is 13.8 Å². The fourth-order valence-corrected chi connectivity index (χ4v) is 2.55. The van der Waals surface area contributed by atoms with Crippen molar-refractivity contribution in [2.75, 3.05) is 18.8 Å². The van der Waals surface area contributed by atoms with Gasteiger partial charge in [-0.15, -0.1) is 0 Å². The third-order valence-corrected chi connectivity index (χ3v) is 4.32. The Labute approximate surface area is 70.9 Å². The Morgan fingerprint density at radius 3 is 2.30 bits per heavy atom. The van der Waals surface area contributed by atoms with Gasteiger partial charge in [0, 0.05) is 23.6 Å². The van der Waals surface area contributed by atoms with Gasteiger partial charge in [-0.25, -0.2) is 0 Å². The van der Waals surface area contributed by atoms with Gasteiger partial charge in [0.15, 0.2) is 0 Å². The Balaban J connectivity index is 3.28. The monoisotopic (exact) mass is 180 g/mol. The van der Waals surface area contributed by atoms with Gasteiger partial charge in [-0.1, -0.05) is 21.6 Å². The Kier molecular flexibility index (Phi) is 5.62. The van der Waals surface area contributed by atoms with E-state index >= 15 is 0 Å². The first-order valence-electron chi connectivity index (χ1n) is 3.33. The number of hydrogen-bond acceptors (Lipinski definition) is 4. The van der Waals surface area contributed by atoms with Crippen molar-refractivity contribution >= 4 is 21.6 Å². The van der Waals surface area contributed by atoms with Crippen molar-refractivity contribution in [3.63, 3.8) is 0 Å². The highest BCUT2D eigenvalue weighted by atomic mass is 33.1. The maximum absolute atomic E-state index is 5.52. The summed E-state index contributed by atoms with van der Waals surface area (Å²) in [4.78, 5) is 0. The fourth-order valence-electron chi connectivity index (χ4n) is 0.283. The fraction of sp³-hybridized carbons (Fsp3) is 1.00. The minimum Gasteiger partial charge on any atom is -0.330 e. The van der Waals surface area contributed by atoms with E-state index in [1.165, 1.54) is 0 Å². The van der Waals surface area contributed by atoms with Crippen LogP contribution in [0.5, 0.6) is 0 Å². The molecule has 0 heterocycles. The lowest BCUT2D eigenvalue weighted by molar-refractivity contribution is 0.729. The van der Waals surface area contributed by atoms with E-state index in [-0.39, 0.29) is 4.75 Å². The Morgan fingerprint density at radius 2 is 1.90 bits per heavy atom. The molecule has 0 aromatic carbocycles. The van der Waals surface area contributed by atoms with E-state index in [4.69, 9.17) is 11.5 Å². The lowest BCUT2D eigenvalue weighted by atomic mass is 10.2. The molecule has 4 heteroatoms. The molecule has 0 aliphatic rings. The van der Waals surface area contributed by atoms with Gasteiger partial charge >= 0.3 is 0 Å². The van der Waals surface area contributed by atoms with Crippen molar-refractivity contribution in [2.45, 2.75) is 18.6 Å². The zero-order valence-electron chi connectivity index (χ0n) is 6.59. The minimum absolute atomic E-state index is 0.194. The summed E-state index contributed by atoms with van der Waals surface area (Å²) in [6, 6.07) is 0. The molecule has 0 aliphatic heterocycles. The standard InChI is InChI=1S/C6H16N2S2/c1-6(2,5-8)10-9-4-3-7/h3-5,7-8H2,1-2H3. The van der Waals surface area contributed by atoms with Crippen LogP contribution in [0.4, 0.5) is 0 Å². The smallest absolute Gasteiger partial charge is 0.0329 e. The van der Waals surface area contributed by atoms with Crippen LogP contribution >= 0.6 is 21.6 Å². The summed E-state index contributed by atoms with van der Waals surface area (Å²) in [7, 11) is 3.61. The Bertz CT molecular complexity index is 85.8. The van der Waals surface area contributed by atoms with Gasteiger partial charge in [0.05, 0.1) is 0 Å². The second-order valence-corrected chi connectivity index (χ2v) is 5.78. The van der Waals surface area contributed by atoms with Gasteiger partial charge in [0.1, 0.15) is 0 Å². The molecule has 62 valence electrons. The van der Waals surface area contributed by atoms with Gasteiger partial charge in [0.25, 0.3) is 0 Å². The summed E-state index contributed by atoms with van der Waals surface area (Å²) in [6.45, 7) is 5.75. The quantitative estimate of drug-likeness (QED) is 0.491. The first-order chi connectivity index (χ1) is 4.62. The lowest BCUT2D eigenvalue weighted by Crippen LogP contribution is -2.25. The number of nitrogens with two attached hydrogens (primary N) is 2. The second kappa shape index (κ2) is 5.29. The van der Waals surface area contributed by atoms with E-state index in [0.29, 0.717) is 0 Å². The predicted octanol–water partition coefficient (Wildman–Crippen LogP) is 1.06. The average molecular weight is 180 g/mol.